The highest BCUT2D eigenvalue weighted by atomic mass is 16.5. The van der Waals surface area contributed by atoms with Crippen LogP contribution in [-0.2, 0) is 16.1 Å². The lowest BCUT2D eigenvalue weighted by Crippen LogP contribution is -2.40. The minimum absolute atomic E-state index is 0.0590. The molecule has 1 unspecified atom stereocenters. The van der Waals surface area contributed by atoms with E-state index >= 15 is 0 Å². The third-order valence-corrected chi connectivity index (χ3v) is 4.76. The van der Waals surface area contributed by atoms with Crippen molar-refractivity contribution >= 4 is 5.91 Å². The molecule has 0 radical (unpaired) electrons. The number of hydrogen-bond acceptors (Lipinski definition) is 5. The van der Waals surface area contributed by atoms with Gasteiger partial charge < -0.3 is 20.3 Å². The van der Waals surface area contributed by atoms with E-state index in [9.17, 15) is 4.79 Å². The molecular weight excluding hydrogens is 270 g/mol. The third kappa shape index (κ3) is 3.44. The van der Waals surface area contributed by atoms with E-state index in [0.29, 0.717) is 23.8 Å². The summed E-state index contributed by atoms with van der Waals surface area (Å²) in [6.45, 7) is 2.19. The Kier molecular flexibility index (Phi) is 3.99. The van der Waals surface area contributed by atoms with Crippen LogP contribution < -0.4 is 11.1 Å². The van der Waals surface area contributed by atoms with E-state index in [4.69, 9.17) is 15.0 Å². The first-order chi connectivity index (χ1) is 10.1. The topological polar surface area (TPSA) is 90.4 Å². The van der Waals surface area contributed by atoms with Gasteiger partial charge in [0.05, 0.1) is 6.61 Å². The van der Waals surface area contributed by atoms with Gasteiger partial charge in [-0.25, -0.2) is 0 Å². The van der Waals surface area contributed by atoms with Gasteiger partial charge in [0, 0.05) is 18.2 Å². The maximum atomic E-state index is 11.8. The van der Waals surface area contributed by atoms with Crippen LogP contribution in [-0.4, -0.2) is 29.8 Å². The Labute approximate surface area is 124 Å². The molecule has 1 amide bonds. The molecule has 1 aromatic heterocycles. The van der Waals surface area contributed by atoms with Crippen LogP contribution in [0.25, 0.3) is 0 Å². The second-order valence-electron chi connectivity index (χ2n) is 6.44. The largest absolute Gasteiger partial charge is 0.365 e. The zero-order valence-corrected chi connectivity index (χ0v) is 12.4. The molecule has 0 saturated heterocycles. The van der Waals surface area contributed by atoms with Gasteiger partial charge in [0.1, 0.15) is 18.1 Å². The summed E-state index contributed by atoms with van der Waals surface area (Å²) in [5.41, 5.74) is 7.10. The van der Waals surface area contributed by atoms with Crippen molar-refractivity contribution in [2.75, 3.05) is 6.61 Å². The molecule has 2 fully saturated rings. The number of rotatable bonds is 5. The number of carbonyl (C=O) groups excluding carboxylic acids is 1. The summed E-state index contributed by atoms with van der Waals surface area (Å²) in [5, 5.41) is 6.86. The molecule has 3 rings (SSSR count). The Morgan fingerprint density at radius 1 is 1.57 bits per heavy atom. The van der Waals surface area contributed by atoms with Crippen LogP contribution in [0.3, 0.4) is 0 Å². The average molecular weight is 293 g/mol. The number of nitrogens with one attached hydrogen (secondary N) is 1. The predicted octanol–water partition coefficient (Wildman–Crippen LogP) is 1.28. The number of amides is 1. The number of nitrogens with two attached hydrogens (primary N) is 1. The Balaban J connectivity index is 1.33. The normalized spacial score (nSPS) is 31.3. The quantitative estimate of drug-likeness (QED) is 0.853. The molecule has 1 heterocycles. The van der Waals surface area contributed by atoms with Gasteiger partial charge in [-0.1, -0.05) is 5.16 Å². The predicted molar refractivity (Wildman–Crippen MR) is 76.3 cm³/mol. The van der Waals surface area contributed by atoms with Crippen molar-refractivity contribution in [2.45, 2.75) is 57.7 Å². The van der Waals surface area contributed by atoms with E-state index in [-0.39, 0.29) is 18.6 Å². The van der Waals surface area contributed by atoms with Crippen molar-refractivity contribution in [3.8, 4) is 0 Å². The van der Waals surface area contributed by atoms with Crippen molar-refractivity contribution in [3.05, 3.63) is 17.5 Å². The minimum Gasteiger partial charge on any atom is -0.365 e. The fourth-order valence-electron chi connectivity index (χ4n) is 3.29. The van der Waals surface area contributed by atoms with E-state index in [1.165, 1.54) is 0 Å². The fraction of sp³-hybridized carbons (Fsp3) is 0.733. The van der Waals surface area contributed by atoms with Crippen molar-refractivity contribution < 1.29 is 14.1 Å². The molecule has 0 aromatic carbocycles. The van der Waals surface area contributed by atoms with E-state index in [1.54, 1.807) is 6.07 Å². The lowest BCUT2D eigenvalue weighted by Gasteiger charge is -2.29. The molecule has 2 aliphatic rings. The smallest absolute Gasteiger partial charge is 0.246 e. The summed E-state index contributed by atoms with van der Waals surface area (Å²) in [5.74, 6) is 0.684. The molecule has 1 aromatic rings. The van der Waals surface area contributed by atoms with Gasteiger partial charge in [-0.15, -0.1) is 0 Å². The molecule has 1 spiro atoms. The lowest BCUT2D eigenvalue weighted by atomic mass is 9.83. The van der Waals surface area contributed by atoms with E-state index in [2.05, 4.69) is 10.5 Å². The van der Waals surface area contributed by atoms with Crippen LogP contribution in [0.4, 0.5) is 0 Å². The maximum Gasteiger partial charge on any atom is 0.246 e. The van der Waals surface area contributed by atoms with E-state index < -0.39 is 0 Å². The van der Waals surface area contributed by atoms with Gasteiger partial charge in [0.15, 0.2) is 0 Å². The SMILES string of the molecule is Cc1cc(COCC(=O)NC2CCC3(CC2)CC3N)no1. The molecule has 6 nitrogen and oxygen atoms in total. The zero-order valence-electron chi connectivity index (χ0n) is 12.4. The Morgan fingerprint density at radius 2 is 2.29 bits per heavy atom. The van der Waals surface area contributed by atoms with Crippen LogP contribution in [0.1, 0.15) is 43.6 Å². The van der Waals surface area contributed by atoms with Crippen molar-refractivity contribution in [1.82, 2.24) is 10.5 Å². The first kappa shape index (κ1) is 14.5. The van der Waals surface area contributed by atoms with Crippen LogP contribution >= 0.6 is 0 Å². The van der Waals surface area contributed by atoms with Gasteiger partial charge in [-0.3, -0.25) is 4.79 Å². The van der Waals surface area contributed by atoms with E-state index in [0.717, 1.165) is 37.9 Å². The van der Waals surface area contributed by atoms with Crippen molar-refractivity contribution in [3.63, 3.8) is 0 Å². The monoisotopic (exact) mass is 293 g/mol. The molecule has 1 atom stereocenters. The first-order valence-corrected chi connectivity index (χ1v) is 7.62. The van der Waals surface area contributed by atoms with Gasteiger partial charge in [-0.05, 0) is 44.4 Å². The molecule has 2 aliphatic carbocycles. The third-order valence-electron chi connectivity index (χ3n) is 4.76. The summed E-state index contributed by atoms with van der Waals surface area (Å²) >= 11 is 0. The summed E-state index contributed by atoms with van der Waals surface area (Å²) < 4.78 is 10.3. The molecule has 21 heavy (non-hydrogen) atoms. The highest BCUT2D eigenvalue weighted by molar-refractivity contribution is 5.77. The van der Waals surface area contributed by atoms with Gasteiger partial charge in [0.2, 0.25) is 5.91 Å². The van der Waals surface area contributed by atoms with E-state index in [1.807, 2.05) is 6.92 Å². The molecule has 6 heteroatoms. The second-order valence-corrected chi connectivity index (χ2v) is 6.44. The Bertz CT molecular complexity index is 506. The Morgan fingerprint density at radius 3 is 2.86 bits per heavy atom. The molecule has 0 bridgehead atoms. The van der Waals surface area contributed by atoms with Crippen LogP contribution in [0, 0.1) is 12.3 Å². The van der Waals surface area contributed by atoms with Crippen molar-refractivity contribution in [1.29, 1.82) is 0 Å². The van der Waals surface area contributed by atoms with Gasteiger partial charge in [0.25, 0.3) is 0 Å². The molecule has 116 valence electrons. The number of ether oxygens (including phenoxy) is 1. The number of hydrogen-bond donors (Lipinski definition) is 2. The first-order valence-electron chi connectivity index (χ1n) is 7.62. The second kappa shape index (κ2) is 5.77. The molecule has 0 aliphatic heterocycles. The molecule has 3 N–H and O–H groups in total. The fourth-order valence-corrected chi connectivity index (χ4v) is 3.29. The summed E-state index contributed by atoms with van der Waals surface area (Å²) in [7, 11) is 0. The number of aromatic nitrogens is 1. The van der Waals surface area contributed by atoms with Crippen LogP contribution in [0.5, 0.6) is 0 Å². The summed E-state index contributed by atoms with van der Waals surface area (Å²) in [4.78, 5) is 11.8. The van der Waals surface area contributed by atoms with Crippen molar-refractivity contribution in [2.24, 2.45) is 11.1 Å². The highest BCUT2D eigenvalue weighted by Crippen LogP contribution is 2.54. The molecule has 2 saturated carbocycles. The lowest BCUT2D eigenvalue weighted by molar-refractivity contribution is -0.127. The minimum atomic E-state index is -0.0590. The summed E-state index contributed by atoms with van der Waals surface area (Å²) in [6.07, 6.45) is 5.49. The van der Waals surface area contributed by atoms with Crippen LogP contribution in [0.2, 0.25) is 0 Å². The van der Waals surface area contributed by atoms with Gasteiger partial charge >= 0.3 is 0 Å². The zero-order chi connectivity index (χ0) is 14.9. The maximum absolute atomic E-state index is 11.8. The standard InChI is InChI=1S/C15H23N3O3/c1-10-6-12(18-21-10)8-20-9-14(19)17-11-2-4-15(5-3-11)7-13(15)16/h6,11,13H,2-5,7-9,16H2,1H3,(H,17,19). The van der Waals surface area contributed by atoms with Gasteiger partial charge in [-0.2, -0.15) is 0 Å². The molecular formula is C15H23N3O3. The summed E-state index contributed by atoms with van der Waals surface area (Å²) in [6, 6.07) is 2.47. The Hall–Kier alpha value is -1.40. The highest BCUT2D eigenvalue weighted by Gasteiger charge is 2.52. The average Bonchev–Trinajstić information content (AvgIpc) is 2.87. The number of nitrogens with zero attached hydrogens (tertiary/aromatic N) is 1. The number of carbonyl (C=O) groups is 1. The van der Waals surface area contributed by atoms with Crippen LogP contribution in [0.15, 0.2) is 10.6 Å². The number of aryl methyl sites for hydroxylation is 1.